The highest BCUT2D eigenvalue weighted by Gasteiger charge is 2.40. The number of hydrogen-bond acceptors (Lipinski definition) is 3. The molecule has 2 aliphatic rings. The van der Waals surface area contributed by atoms with Crippen molar-refractivity contribution in [1.29, 1.82) is 0 Å². The van der Waals surface area contributed by atoms with Crippen LogP contribution in [0.4, 0.5) is 4.79 Å². The van der Waals surface area contributed by atoms with Gasteiger partial charge in [0.2, 0.25) is 5.91 Å². The van der Waals surface area contributed by atoms with E-state index in [0.29, 0.717) is 13.0 Å². The van der Waals surface area contributed by atoms with Crippen molar-refractivity contribution in [3.63, 3.8) is 0 Å². The Morgan fingerprint density at radius 1 is 1.15 bits per heavy atom. The Balaban J connectivity index is 1.62. The van der Waals surface area contributed by atoms with E-state index in [-0.39, 0.29) is 24.4 Å². The summed E-state index contributed by atoms with van der Waals surface area (Å²) in [6.45, 7) is 2.40. The first kappa shape index (κ1) is 18.4. The van der Waals surface area contributed by atoms with Crippen molar-refractivity contribution in [3.05, 3.63) is 35.9 Å². The number of carbonyl (C=O) groups is 3. The molecule has 3 rings (SSSR count). The number of benzene rings is 1. The summed E-state index contributed by atoms with van der Waals surface area (Å²) in [5, 5.41) is 2.71. The van der Waals surface area contributed by atoms with Gasteiger partial charge in [-0.2, -0.15) is 0 Å². The molecule has 1 N–H and O–H groups in total. The molecule has 6 nitrogen and oxygen atoms in total. The quantitative estimate of drug-likeness (QED) is 0.795. The standard InChI is InChI=1S/C20H27N3O3/c1-2-22(16-11-7-4-8-12-16)18(24)14-23-19(25)17(21-20(23)26)13-15-9-5-3-6-10-15/h3,5-6,9-10,16-17H,2,4,7-8,11-14H2,1H3,(H,21,26). The van der Waals surface area contributed by atoms with Crippen LogP contribution in [0.15, 0.2) is 30.3 Å². The lowest BCUT2D eigenvalue weighted by Crippen LogP contribution is -2.47. The number of nitrogens with zero attached hydrogens (tertiary/aromatic N) is 2. The Hall–Kier alpha value is -2.37. The van der Waals surface area contributed by atoms with Crippen LogP contribution in [-0.2, 0) is 16.0 Å². The van der Waals surface area contributed by atoms with Crippen LogP contribution in [0.3, 0.4) is 0 Å². The van der Waals surface area contributed by atoms with E-state index in [1.807, 2.05) is 42.2 Å². The molecule has 0 aromatic heterocycles. The number of imide groups is 1. The average Bonchev–Trinajstić information content (AvgIpc) is 2.91. The van der Waals surface area contributed by atoms with Gasteiger partial charge in [0.1, 0.15) is 12.6 Å². The summed E-state index contributed by atoms with van der Waals surface area (Å²) in [7, 11) is 0. The number of nitrogens with one attached hydrogen (secondary N) is 1. The maximum Gasteiger partial charge on any atom is 0.325 e. The van der Waals surface area contributed by atoms with Gasteiger partial charge < -0.3 is 10.2 Å². The Kier molecular flexibility index (Phi) is 5.91. The van der Waals surface area contributed by atoms with Gasteiger partial charge in [0.15, 0.2) is 0 Å². The zero-order chi connectivity index (χ0) is 18.5. The highest BCUT2D eigenvalue weighted by Crippen LogP contribution is 2.23. The average molecular weight is 357 g/mol. The summed E-state index contributed by atoms with van der Waals surface area (Å²) >= 11 is 0. The molecule has 1 aromatic rings. The first-order valence-electron chi connectivity index (χ1n) is 9.55. The van der Waals surface area contributed by atoms with Crippen molar-refractivity contribution >= 4 is 17.8 Å². The van der Waals surface area contributed by atoms with Crippen molar-refractivity contribution < 1.29 is 14.4 Å². The van der Waals surface area contributed by atoms with Crippen LogP contribution in [0.5, 0.6) is 0 Å². The largest absolute Gasteiger partial charge is 0.338 e. The van der Waals surface area contributed by atoms with E-state index >= 15 is 0 Å². The maximum absolute atomic E-state index is 12.7. The van der Waals surface area contributed by atoms with Crippen LogP contribution >= 0.6 is 0 Å². The van der Waals surface area contributed by atoms with Crippen LogP contribution in [0.2, 0.25) is 0 Å². The van der Waals surface area contributed by atoms with Gasteiger partial charge in [-0.25, -0.2) is 4.79 Å². The third-order valence-corrected chi connectivity index (χ3v) is 5.36. The Labute approximate surface area is 154 Å². The fraction of sp³-hybridized carbons (Fsp3) is 0.550. The second-order valence-electron chi connectivity index (χ2n) is 7.09. The Morgan fingerprint density at radius 2 is 1.85 bits per heavy atom. The lowest BCUT2D eigenvalue weighted by molar-refractivity contribution is -0.139. The maximum atomic E-state index is 12.7. The molecule has 0 bridgehead atoms. The predicted molar refractivity (Wildman–Crippen MR) is 98.4 cm³/mol. The van der Waals surface area contributed by atoms with Crippen molar-refractivity contribution in [2.24, 2.45) is 0 Å². The minimum absolute atomic E-state index is 0.136. The molecule has 0 radical (unpaired) electrons. The number of likely N-dealkylation sites (N-methyl/N-ethyl adjacent to an activating group) is 1. The van der Waals surface area contributed by atoms with Gasteiger partial charge in [-0.05, 0) is 25.3 Å². The molecule has 1 unspecified atom stereocenters. The summed E-state index contributed by atoms with van der Waals surface area (Å²) in [5.74, 6) is -0.449. The van der Waals surface area contributed by atoms with Gasteiger partial charge in [-0.15, -0.1) is 0 Å². The van der Waals surface area contributed by atoms with Crippen molar-refractivity contribution in [1.82, 2.24) is 15.1 Å². The SMILES string of the molecule is CCN(C(=O)CN1C(=O)NC(Cc2ccccc2)C1=O)C1CCCCC1. The molecule has 140 valence electrons. The highest BCUT2D eigenvalue weighted by molar-refractivity contribution is 6.06. The van der Waals surface area contributed by atoms with E-state index in [9.17, 15) is 14.4 Å². The Morgan fingerprint density at radius 3 is 2.50 bits per heavy atom. The van der Waals surface area contributed by atoms with E-state index in [0.717, 1.165) is 36.1 Å². The summed E-state index contributed by atoms with van der Waals surface area (Å²) in [6, 6.07) is 8.74. The van der Waals surface area contributed by atoms with Crippen LogP contribution in [0, 0.1) is 0 Å². The fourth-order valence-electron chi connectivity index (χ4n) is 3.97. The summed E-state index contributed by atoms with van der Waals surface area (Å²) in [4.78, 5) is 40.5. The topological polar surface area (TPSA) is 69.7 Å². The molecule has 6 heteroatoms. The molecule has 4 amide bonds. The zero-order valence-corrected chi connectivity index (χ0v) is 15.3. The van der Waals surface area contributed by atoms with Gasteiger partial charge in [-0.3, -0.25) is 14.5 Å². The monoisotopic (exact) mass is 357 g/mol. The van der Waals surface area contributed by atoms with Crippen LogP contribution in [0.25, 0.3) is 0 Å². The molecule has 1 aliphatic heterocycles. The van der Waals surface area contributed by atoms with E-state index in [1.165, 1.54) is 6.42 Å². The normalized spacial score (nSPS) is 21.0. The molecular formula is C20H27N3O3. The molecule has 0 spiro atoms. The number of carbonyl (C=O) groups excluding carboxylic acids is 3. The second-order valence-corrected chi connectivity index (χ2v) is 7.09. The molecule has 1 saturated heterocycles. The molecule has 26 heavy (non-hydrogen) atoms. The molecule has 2 fully saturated rings. The smallest absolute Gasteiger partial charge is 0.325 e. The fourth-order valence-corrected chi connectivity index (χ4v) is 3.97. The first-order chi connectivity index (χ1) is 12.6. The Bertz CT molecular complexity index is 656. The molecule has 1 atom stereocenters. The summed E-state index contributed by atoms with van der Waals surface area (Å²) < 4.78 is 0. The number of urea groups is 1. The number of rotatable bonds is 6. The second kappa shape index (κ2) is 8.34. The lowest BCUT2D eigenvalue weighted by atomic mass is 9.94. The minimum Gasteiger partial charge on any atom is -0.338 e. The third-order valence-electron chi connectivity index (χ3n) is 5.36. The molecule has 1 heterocycles. The van der Waals surface area contributed by atoms with Crippen LogP contribution in [0.1, 0.15) is 44.6 Å². The zero-order valence-electron chi connectivity index (χ0n) is 15.3. The van der Waals surface area contributed by atoms with E-state index in [4.69, 9.17) is 0 Å². The molecule has 1 aliphatic carbocycles. The van der Waals surface area contributed by atoms with Crippen LogP contribution < -0.4 is 5.32 Å². The third kappa shape index (κ3) is 4.06. The van der Waals surface area contributed by atoms with Crippen molar-refractivity contribution in [2.45, 2.75) is 57.5 Å². The number of amides is 4. The molecular weight excluding hydrogens is 330 g/mol. The number of hydrogen-bond donors (Lipinski definition) is 1. The minimum atomic E-state index is -0.595. The highest BCUT2D eigenvalue weighted by atomic mass is 16.2. The lowest BCUT2D eigenvalue weighted by Gasteiger charge is -2.34. The van der Waals surface area contributed by atoms with E-state index in [2.05, 4.69) is 5.32 Å². The van der Waals surface area contributed by atoms with E-state index < -0.39 is 12.1 Å². The molecule has 1 aromatic carbocycles. The first-order valence-corrected chi connectivity index (χ1v) is 9.55. The molecule has 1 saturated carbocycles. The van der Waals surface area contributed by atoms with Crippen molar-refractivity contribution in [3.8, 4) is 0 Å². The van der Waals surface area contributed by atoms with Gasteiger partial charge in [0.05, 0.1) is 0 Å². The predicted octanol–water partition coefficient (Wildman–Crippen LogP) is 2.33. The van der Waals surface area contributed by atoms with Gasteiger partial charge in [-0.1, -0.05) is 49.6 Å². The van der Waals surface area contributed by atoms with Gasteiger partial charge >= 0.3 is 6.03 Å². The van der Waals surface area contributed by atoms with Gasteiger partial charge in [0, 0.05) is 19.0 Å². The summed E-state index contributed by atoms with van der Waals surface area (Å²) in [5.41, 5.74) is 0.983. The van der Waals surface area contributed by atoms with E-state index in [1.54, 1.807) is 0 Å². The van der Waals surface area contributed by atoms with Crippen molar-refractivity contribution in [2.75, 3.05) is 13.1 Å². The van der Waals surface area contributed by atoms with Crippen LogP contribution in [-0.4, -0.2) is 52.8 Å². The van der Waals surface area contributed by atoms with Gasteiger partial charge in [0.25, 0.3) is 5.91 Å². The summed E-state index contributed by atoms with van der Waals surface area (Å²) in [6.07, 6.45) is 5.95.